The molecule has 2 nitrogen and oxygen atoms in total. The number of nitrogens with zero attached hydrogens (tertiary/aromatic N) is 1. The molecule has 0 heterocycles. The molecule has 1 rings (SSSR count). The normalized spacial score (nSPS) is 14.8. The lowest BCUT2D eigenvalue weighted by molar-refractivity contribution is 0.0944. The third-order valence-corrected chi connectivity index (χ3v) is 3.27. The van der Waals surface area contributed by atoms with Crippen LogP contribution in [0.15, 0.2) is 42.0 Å². The van der Waals surface area contributed by atoms with Crippen LogP contribution in [0.4, 0.5) is 0 Å². The molecule has 0 saturated heterocycles. The highest BCUT2D eigenvalue weighted by atomic mass is 16.3. The van der Waals surface area contributed by atoms with Gasteiger partial charge in [0, 0.05) is 13.1 Å². The van der Waals surface area contributed by atoms with Crippen molar-refractivity contribution in [1.82, 2.24) is 4.90 Å². The maximum absolute atomic E-state index is 10.2. The molecule has 0 amide bonds. The Morgan fingerprint density at radius 3 is 2.37 bits per heavy atom. The molecule has 19 heavy (non-hydrogen) atoms. The van der Waals surface area contributed by atoms with Gasteiger partial charge >= 0.3 is 0 Å². The predicted octanol–water partition coefficient (Wildman–Crippen LogP) is 3.47. The Bertz CT molecular complexity index is 403. The van der Waals surface area contributed by atoms with Crippen molar-refractivity contribution in [2.75, 3.05) is 13.6 Å². The predicted molar refractivity (Wildman–Crippen MR) is 82.0 cm³/mol. The van der Waals surface area contributed by atoms with Gasteiger partial charge in [-0.3, -0.25) is 4.90 Å². The molecule has 0 radical (unpaired) electrons. The number of aliphatic hydroxyl groups is 1. The van der Waals surface area contributed by atoms with Crippen LogP contribution in [0.25, 0.3) is 0 Å². The van der Waals surface area contributed by atoms with E-state index in [4.69, 9.17) is 0 Å². The zero-order valence-corrected chi connectivity index (χ0v) is 12.9. The lowest BCUT2D eigenvalue weighted by Crippen LogP contribution is -2.28. The van der Waals surface area contributed by atoms with Crippen molar-refractivity contribution >= 4 is 0 Å². The smallest absolute Gasteiger partial charge is 0.0796 e. The standard InChI is InChI=1S/C17H27NO/c1-14(16(19)17(2,3)4)11-12-18(5)13-15-9-7-6-8-10-15/h6-11,16,19H,12-13H2,1-5H3/b14-11-. The van der Waals surface area contributed by atoms with Crippen molar-refractivity contribution in [3.8, 4) is 0 Å². The number of benzene rings is 1. The van der Waals surface area contributed by atoms with Crippen LogP contribution in [0.2, 0.25) is 0 Å². The minimum atomic E-state index is -0.377. The van der Waals surface area contributed by atoms with E-state index in [1.807, 2.05) is 13.0 Å². The second kappa shape index (κ2) is 6.88. The van der Waals surface area contributed by atoms with E-state index < -0.39 is 0 Å². The molecule has 1 atom stereocenters. The van der Waals surface area contributed by atoms with Crippen LogP contribution < -0.4 is 0 Å². The van der Waals surface area contributed by atoms with Gasteiger partial charge in [-0.1, -0.05) is 57.2 Å². The Balaban J connectivity index is 2.51. The first-order valence-electron chi connectivity index (χ1n) is 6.88. The van der Waals surface area contributed by atoms with Crippen LogP contribution in [-0.4, -0.2) is 29.7 Å². The van der Waals surface area contributed by atoms with Gasteiger partial charge < -0.3 is 5.11 Å². The van der Waals surface area contributed by atoms with E-state index in [-0.39, 0.29) is 11.5 Å². The minimum Gasteiger partial charge on any atom is -0.388 e. The average molecular weight is 261 g/mol. The first-order chi connectivity index (χ1) is 8.80. The molecule has 0 aliphatic carbocycles. The maximum Gasteiger partial charge on any atom is 0.0796 e. The summed E-state index contributed by atoms with van der Waals surface area (Å²) in [6, 6.07) is 10.4. The van der Waals surface area contributed by atoms with E-state index in [9.17, 15) is 5.11 Å². The summed E-state index contributed by atoms with van der Waals surface area (Å²) in [6.45, 7) is 9.96. The second-order valence-corrected chi connectivity index (χ2v) is 6.40. The van der Waals surface area contributed by atoms with Crippen LogP contribution in [0, 0.1) is 5.41 Å². The zero-order valence-electron chi connectivity index (χ0n) is 12.9. The van der Waals surface area contributed by atoms with Crippen LogP contribution in [0.1, 0.15) is 33.3 Å². The highest BCUT2D eigenvalue weighted by molar-refractivity contribution is 5.15. The summed E-state index contributed by atoms with van der Waals surface area (Å²) in [5, 5.41) is 10.2. The van der Waals surface area contributed by atoms with Crippen molar-refractivity contribution in [2.45, 2.75) is 40.3 Å². The van der Waals surface area contributed by atoms with Crippen LogP contribution >= 0.6 is 0 Å². The summed E-state index contributed by atoms with van der Waals surface area (Å²) in [5.41, 5.74) is 2.26. The van der Waals surface area contributed by atoms with Crippen molar-refractivity contribution in [1.29, 1.82) is 0 Å². The molecular formula is C17H27NO. The Morgan fingerprint density at radius 2 is 1.84 bits per heavy atom. The van der Waals surface area contributed by atoms with Gasteiger partial charge in [0.15, 0.2) is 0 Å². The summed E-state index contributed by atoms with van der Waals surface area (Å²) >= 11 is 0. The largest absolute Gasteiger partial charge is 0.388 e. The fourth-order valence-corrected chi connectivity index (χ4v) is 2.05. The molecule has 2 heteroatoms. The number of hydrogen-bond acceptors (Lipinski definition) is 2. The van der Waals surface area contributed by atoms with E-state index in [1.165, 1.54) is 5.56 Å². The maximum atomic E-state index is 10.2. The number of likely N-dealkylation sites (N-methyl/N-ethyl adjacent to an activating group) is 1. The van der Waals surface area contributed by atoms with Gasteiger partial charge in [-0.25, -0.2) is 0 Å². The van der Waals surface area contributed by atoms with E-state index in [2.05, 4.69) is 63.1 Å². The fourth-order valence-electron chi connectivity index (χ4n) is 2.05. The monoisotopic (exact) mass is 261 g/mol. The second-order valence-electron chi connectivity index (χ2n) is 6.40. The van der Waals surface area contributed by atoms with Gasteiger partial charge in [-0.15, -0.1) is 0 Å². The van der Waals surface area contributed by atoms with Gasteiger partial charge in [0.1, 0.15) is 0 Å². The SMILES string of the molecule is C/C(=C/CN(C)Cc1ccccc1)C(O)C(C)(C)C. The Labute approximate surface area is 117 Å². The van der Waals surface area contributed by atoms with Crippen molar-refractivity contribution < 1.29 is 5.11 Å². The molecule has 0 bridgehead atoms. The first-order valence-corrected chi connectivity index (χ1v) is 6.88. The molecule has 1 N–H and O–H groups in total. The summed E-state index contributed by atoms with van der Waals surface area (Å²) in [4.78, 5) is 2.24. The number of hydrogen-bond donors (Lipinski definition) is 1. The Kier molecular flexibility index (Phi) is 5.77. The summed E-state index contributed by atoms with van der Waals surface area (Å²) in [7, 11) is 2.10. The highest BCUT2D eigenvalue weighted by Gasteiger charge is 2.23. The van der Waals surface area contributed by atoms with Crippen LogP contribution in [0.5, 0.6) is 0 Å². The Morgan fingerprint density at radius 1 is 1.26 bits per heavy atom. The summed E-state index contributed by atoms with van der Waals surface area (Å²) < 4.78 is 0. The van der Waals surface area contributed by atoms with Crippen molar-refractivity contribution in [2.24, 2.45) is 5.41 Å². The zero-order chi connectivity index (χ0) is 14.5. The van der Waals surface area contributed by atoms with Crippen LogP contribution in [0.3, 0.4) is 0 Å². The van der Waals surface area contributed by atoms with Crippen molar-refractivity contribution in [3.05, 3.63) is 47.5 Å². The van der Waals surface area contributed by atoms with Gasteiger partial charge in [0.2, 0.25) is 0 Å². The molecule has 106 valence electrons. The third-order valence-electron chi connectivity index (χ3n) is 3.27. The van der Waals surface area contributed by atoms with Gasteiger partial charge in [0.25, 0.3) is 0 Å². The highest BCUT2D eigenvalue weighted by Crippen LogP contribution is 2.24. The molecule has 0 spiro atoms. The lowest BCUT2D eigenvalue weighted by atomic mass is 9.85. The molecular weight excluding hydrogens is 234 g/mol. The first kappa shape index (κ1) is 15.9. The molecule has 0 aliphatic rings. The van der Waals surface area contributed by atoms with E-state index in [0.29, 0.717) is 0 Å². The molecule has 0 saturated carbocycles. The quantitative estimate of drug-likeness (QED) is 0.820. The van der Waals surface area contributed by atoms with Crippen LogP contribution in [-0.2, 0) is 6.54 Å². The van der Waals surface area contributed by atoms with Crippen molar-refractivity contribution in [3.63, 3.8) is 0 Å². The molecule has 1 unspecified atom stereocenters. The van der Waals surface area contributed by atoms with Gasteiger partial charge in [-0.05, 0) is 30.5 Å². The molecule has 1 aromatic carbocycles. The van der Waals surface area contributed by atoms with Gasteiger partial charge in [-0.2, -0.15) is 0 Å². The number of rotatable bonds is 5. The lowest BCUT2D eigenvalue weighted by Gasteiger charge is -2.27. The molecule has 0 aliphatic heterocycles. The molecule has 0 aromatic heterocycles. The summed E-state index contributed by atoms with van der Waals surface area (Å²) in [5.74, 6) is 0. The van der Waals surface area contributed by atoms with E-state index in [1.54, 1.807) is 0 Å². The summed E-state index contributed by atoms with van der Waals surface area (Å²) in [6.07, 6.45) is 1.75. The third kappa shape index (κ3) is 5.58. The minimum absolute atomic E-state index is 0.0986. The number of aliphatic hydroxyl groups excluding tert-OH is 1. The van der Waals surface area contributed by atoms with E-state index >= 15 is 0 Å². The average Bonchev–Trinajstić information content (AvgIpc) is 2.35. The Hall–Kier alpha value is -1.12. The topological polar surface area (TPSA) is 23.5 Å². The van der Waals surface area contributed by atoms with Gasteiger partial charge in [0.05, 0.1) is 6.10 Å². The molecule has 0 fully saturated rings. The molecule has 1 aromatic rings. The fraction of sp³-hybridized carbons (Fsp3) is 0.529. The van der Waals surface area contributed by atoms with E-state index in [0.717, 1.165) is 18.7 Å².